The number of benzene rings is 3. The van der Waals surface area contributed by atoms with Gasteiger partial charge in [0, 0.05) is 27.1 Å². The summed E-state index contributed by atoms with van der Waals surface area (Å²) in [5.41, 5.74) is 0. The Hall–Kier alpha value is -2.78. The van der Waals surface area contributed by atoms with Crippen molar-refractivity contribution < 1.29 is 0 Å². The molecule has 0 unspecified atom stereocenters. The second kappa shape index (κ2) is 6.38. The molecule has 0 atom stereocenters. The van der Waals surface area contributed by atoms with Crippen molar-refractivity contribution in [2.75, 3.05) is 0 Å². The van der Waals surface area contributed by atoms with Crippen LogP contribution in [0.5, 0.6) is 0 Å². The zero-order valence-corrected chi connectivity index (χ0v) is 14.0. The highest BCUT2D eigenvalue weighted by atomic mass is 32.3. The van der Waals surface area contributed by atoms with Crippen LogP contribution in [0.15, 0.2) is 124 Å². The van der Waals surface area contributed by atoms with Crippen molar-refractivity contribution in [3.8, 4) is 0 Å². The summed E-state index contributed by atoms with van der Waals surface area (Å²) in [7, 11) is -1.61. The van der Waals surface area contributed by atoms with Crippen LogP contribution in [0.4, 0.5) is 0 Å². The van der Waals surface area contributed by atoms with E-state index in [0.29, 0.717) is 0 Å². The Labute approximate surface area is 143 Å². The molecule has 24 heavy (non-hydrogen) atoms. The molecule has 118 valence electrons. The molecule has 2 nitrogen and oxygen atoms in total. The van der Waals surface area contributed by atoms with Gasteiger partial charge in [0.25, 0.3) is 0 Å². The van der Waals surface area contributed by atoms with Crippen LogP contribution in [0.3, 0.4) is 0 Å². The van der Waals surface area contributed by atoms with Crippen LogP contribution in [0.2, 0.25) is 0 Å². The summed E-state index contributed by atoms with van der Waals surface area (Å²) in [6.45, 7) is 0. The van der Waals surface area contributed by atoms with Crippen LogP contribution < -0.4 is 0 Å². The lowest BCUT2D eigenvalue weighted by Crippen LogP contribution is -2.11. The molecule has 1 aromatic heterocycles. The number of aromatic nitrogens is 2. The van der Waals surface area contributed by atoms with Gasteiger partial charge in [0.1, 0.15) is 6.33 Å². The van der Waals surface area contributed by atoms with Gasteiger partial charge in [-0.2, -0.15) is 0 Å². The molecule has 0 amide bonds. The monoisotopic (exact) mass is 330 g/mol. The summed E-state index contributed by atoms with van der Waals surface area (Å²) < 4.78 is 2.27. The summed E-state index contributed by atoms with van der Waals surface area (Å²) in [6, 6.07) is 32.2. The van der Waals surface area contributed by atoms with Gasteiger partial charge in [0.05, 0.1) is 0 Å². The van der Waals surface area contributed by atoms with Gasteiger partial charge in [-0.3, -0.25) is 3.97 Å². The minimum atomic E-state index is -1.61. The molecule has 0 saturated carbocycles. The zero-order chi connectivity index (χ0) is 16.2. The predicted octanol–water partition coefficient (Wildman–Crippen LogP) is 5.63. The predicted molar refractivity (Wildman–Crippen MR) is 99.3 cm³/mol. The van der Waals surface area contributed by atoms with Crippen LogP contribution in [0, 0.1) is 0 Å². The zero-order valence-electron chi connectivity index (χ0n) is 13.2. The van der Waals surface area contributed by atoms with Gasteiger partial charge < -0.3 is 0 Å². The molecular formula is C21H18N2S. The first-order chi connectivity index (χ1) is 11.9. The molecule has 0 fully saturated rings. The van der Waals surface area contributed by atoms with Gasteiger partial charge in [-0.15, -0.1) is 0 Å². The summed E-state index contributed by atoms with van der Waals surface area (Å²) >= 11 is 0. The quantitative estimate of drug-likeness (QED) is 0.474. The van der Waals surface area contributed by atoms with E-state index in [1.54, 1.807) is 0 Å². The molecule has 1 heterocycles. The average molecular weight is 330 g/mol. The first-order valence-corrected chi connectivity index (χ1v) is 9.48. The van der Waals surface area contributed by atoms with Gasteiger partial charge in [-0.05, 0) is 36.4 Å². The van der Waals surface area contributed by atoms with Crippen LogP contribution in [0.1, 0.15) is 0 Å². The summed E-state index contributed by atoms with van der Waals surface area (Å²) in [6.07, 6.45) is 5.86. The maximum Gasteiger partial charge on any atom is 0.104 e. The summed E-state index contributed by atoms with van der Waals surface area (Å²) in [5, 5.41) is 0. The highest BCUT2D eigenvalue weighted by Gasteiger charge is 2.32. The molecule has 0 aliphatic rings. The van der Waals surface area contributed by atoms with Gasteiger partial charge >= 0.3 is 0 Å². The molecule has 3 aromatic carbocycles. The highest BCUT2D eigenvalue weighted by Crippen LogP contribution is 2.68. The second-order valence-corrected chi connectivity index (χ2v) is 8.44. The van der Waals surface area contributed by atoms with Crippen LogP contribution in [-0.2, 0) is 0 Å². The van der Waals surface area contributed by atoms with E-state index < -0.39 is 10.2 Å². The van der Waals surface area contributed by atoms with E-state index in [1.807, 2.05) is 12.5 Å². The van der Waals surface area contributed by atoms with Crippen molar-refractivity contribution in [1.29, 1.82) is 0 Å². The minimum absolute atomic E-state index is 1.29. The Morgan fingerprint density at radius 2 is 1.00 bits per heavy atom. The lowest BCUT2D eigenvalue weighted by atomic mass is 10.4. The van der Waals surface area contributed by atoms with Crippen LogP contribution in [0.25, 0.3) is 0 Å². The Balaban J connectivity index is 2.12. The third-order valence-electron chi connectivity index (χ3n) is 4.05. The molecule has 0 aliphatic heterocycles. The van der Waals surface area contributed by atoms with Crippen LogP contribution >= 0.6 is 10.2 Å². The number of rotatable bonds is 4. The first-order valence-electron chi connectivity index (χ1n) is 7.89. The van der Waals surface area contributed by atoms with Gasteiger partial charge in [-0.1, -0.05) is 64.8 Å². The number of hydrogen-bond acceptors (Lipinski definition) is 1. The lowest BCUT2D eigenvalue weighted by Gasteiger charge is -2.42. The Morgan fingerprint density at radius 1 is 0.583 bits per heavy atom. The SMILES string of the molecule is c1ccc(S(c2ccccc2)(c2ccccc2)n2ccnc2)cc1. The van der Waals surface area contributed by atoms with E-state index in [1.165, 1.54) is 14.7 Å². The molecule has 0 radical (unpaired) electrons. The Morgan fingerprint density at radius 3 is 1.33 bits per heavy atom. The molecule has 0 bridgehead atoms. The van der Waals surface area contributed by atoms with Gasteiger partial charge in [0.2, 0.25) is 0 Å². The standard InChI is InChI=1S/C21H18N2S/c1-4-10-19(11-5-1)24(23-17-16-22-18-23,20-12-6-2-7-13-20)21-14-8-3-9-15-21/h1-18H. The van der Waals surface area contributed by atoms with E-state index >= 15 is 0 Å². The summed E-state index contributed by atoms with van der Waals surface area (Å²) in [5.74, 6) is 0. The fourth-order valence-corrected chi connectivity index (χ4v) is 6.67. The van der Waals surface area contributed by atoms with Crippen LogP contribution in [-0.4, -0.2) is 8.96 Å². The molecule has 0 spiro atoms. The van der Waals surface area contributed by atoms with Crippen molar-refractivity contribution in [3.63, 3.8) is 0 Å². The van der Waals surface area contributed by atoms with E-state index in [0.717, 1.165) is 0 Å². The fraction of sp³-hybridized carbons (Fsp3) is 0. The number of hydrogen-bond donors (Lipinski definition) is 0. The fourth-order valence-electron chi connectivity index (χ4n) is 3.03. The topological polar surface area (TPSA) is 17.8 Å². The van der Waals surface area contributed by atoms with E-state index in [2.05, 4.69) is 106 Å². The minimum Gasteiger partial charge on any atom is -0.287 e. The van der Waals surface area contributed by atoms with Crippen molar-refractivity contribution in [1.82, 2.24) is 8.96 Å². The lowest BCUT2D eigenvalue weighted by molar-refractivity contribution is 1.13. The summed E-state index contributed by atoms with van der Waals surface area (Å²) in [4.78, 5) is 8.22. The molecule has 3 heteroatoms. The molecule has 4 rings (SSSR count). The maximum absolute atomic E-state index is 4.35. The van der Waals surface area contributed by atoms with E-state index in [-0.39, 0.29) is 0 Å². The van der Waals surface area contributed by atoms with E-state index in [4.69, 9.17) is 0 Å². The van der Waals surface area contributed by atoms with Gasteiger partial charge in [-0.25, -0.2) is 4.98 Å². The molecule has 4 aromatic rings. The Bertz CT molecular complexity index is 792. The molecule has 0 saturated heterocycles. The van der Waals surface area contributed by atoms with Gasteiger partial charge in [0.15, 0.2) is 0 Å². The van der Waals surface area contributed by atoms with Crippen molar-refractivity contribution in [2.45, 2.75) is 14.7 Å². The maximum atomic E-state index is 4.35. The van der Waals surface area contributed by atoms with Crippen molar-refractivity contribution >= 4 is 10.2 Å². The average Bonchev–Trinajstić information content (AvgIpc) is 3.20. The third-order valence-corrected chi connectivity index (χ3v) is 7.76. The first kappa shape index (κ1) is 14.8. The van der Waals surface area contributed by atoms with Crippen molar-refractivity contribution in [3.05, 3.63) is 110 Å². The second-order valence-electron chi connectivity index (χ2n) is 5.44. The molecule has 0 N–H and O–H groups in total. The number of imidazole rings is 1. The molecular weight excluding hydrogens is 312 g/mol. The largest absolute Gasteiger partial charge is 0.287 e. The normalized spacial score (nSPS) is 12.0. The third kappa shape index (κ3) is 2.34. The van der Waals surface area contributed by atoms with E-state index in [9.17, 15) is 0 Å². The van der Waals surface area contributed by atoms with Crippen molar-refractivity contribution in [2.24, 2.45) is 0 Å². The highest BCUT2D eigenvalue weighted by molar-refractivity contribution is 8.32. The molecule has 0 aliphatic carbocycles. The number of nitrogens with zero attached hydrogens (tertiary/aromatic N) is 2. The Kier molecular flexibility index (Phi) is 3.93. The smallest absolute Gasteiger partial charge is 0.104 e.